The van der Waals surface area contributed by atoms with Crippen molar-refractivity contribution in [1.29, 1.82) is 0 Å². The first kappa shape index (κ1) is 23.1. The molecular formula is C21H21F3N6O2S. The lowest BCUT2D eigenvalue weighted by Gasteiger charge is -2.35. The summed E-state index contributed by atoms with van der Waals surface area (Å²) >= 11 is 0.992. The van der Waals surface area contributed by atoms with Gasteiger partial charge in [0, 0.05) is 32.4 Å². The second-order valence-electron chi connectivity index (χ2n) is 7.44. The van der Waals surface area contributed by atoms with Gasteiger partial charge in [0.05, 0.1) is 22.7 Å². The lowest BCUT2D eigenvalue weighted by atomic mass is 10.1. The highest BCUT2D eigenvalue weighted by atomic mass is 32.2. The first-order valence-corrected chi connectivity index (χ1v) is 11.1. The fraction of sp³-hybridized carbons (Fsp3) is 0.333. The summed E-state index contributed by atoms with van der Waals surface area (Å²) in [7, 11) is 1.99. The maximum absolute atomic E-state index is 13.3. The van der Waals surface area contributed by atoms with Gasteiger partial charge in [0.15, 0.2) is 0 Å². The molecule has 1 aliphatic rings. The van der Waals surface area contributed by atoms with E-state index in [1.807, 2.05) is 11.9 Å². The van der Waals surface area contributed by atoms with Gasteiger partial charge in [-0.3, -0.25) is 9.78 Å². The number of likely N-dealkylation sites (N-methyl/N-ethyl adjacent to an activating group) is 1. The summed E-state index contributed by atoms with van der Waals surface area (Å²) in [5.41, 5.74) is 0.367. The number of rotatable bonds is 6. The Morgan fingerprint density at radius 1 is 1.15 bits per heavy atom. The van der Waals surface area contributed by atoms with Crippen molar-refractivity contribution in [1.82, 2.24) is 20.1 Å². The molecule has 1 saturated heterocycles. The van der Waals surface area contributed by atoms with Crippen molar-refractivity contribution in [3.05, 3.63) is 48.2 Å². The summed E-state index contributed by atoms with van der Waals surface area (Å²) in [6.07, 6.45) is -2.92. The Labute approximate surface area is 192 Å². The minimum Gasteiger partial charge on any atom is -0.410 e. The van der Waals surface area contributed by atoms with E-state index in [4.69, 9.17) is 4.42 Å². The van der Waals surface area contributed by atoms with E-state index in [1.165, 1.54) is 6.07 Å². The topological polar surface area (TPSA) is 87.4 Å². The number of halogens is 3. The maximum atomic E-state index is 13.3. The van der Waals surface area contributed by atoms with E-state index in [0.717, 1.165) is 37.0 Å². The van der Waals surface area contributed by atoms with E-state index in [9.17, 15) is 18.0 Å². The Kier molecular flexibility index (Phi) is 6.84. The minimum absolute atomic E-state index is 0.109. The molecule has 0 saturated carbocycles. The Balaban J connectivity index is 1.45. The molecule has 3 aromatic rings. The summed E-state index contributed by atoms with van der Waals surface area (Å²) in [5.74, 6) is -0.372. The third-order valence-corrected chi connectivity index (χ3v) is 5.88. The second-order valence-corrected chi connectivity index (χ2v) is 8.37. The van der Waals surface area contributed by atoms with Crippen LogP contribution in [0.1, 0.15) is 5.56 Å². The molecule has 1 fully saturated rings. The highest BCUT2D eigenvalue weighted by Gasteiger charge is 2.32. The van der Waals surface area contributed by atoms with Crippen molar-refractivity contribution in [2.24, 2.45) is 0 Å². The Hall–Kier alpha value is -3.12. The molecule has 1 aliphatic heterocycles. The van der Waals surface area contributed by atoms with Crippen LogP contribution in [0.4, 0.5) is 24.5 Å². The van der Waals surface area contributed by atoms with Crippen molar-refractivity contribution in [2.75, 3.05) is 49.2 Å². The van der Waals surface area contributed by atoms with Gasteiger partial charge in [-0.1, -0.05) is 17.8 Å². The largest absolute Gasteiger partial charge is 0.416 e. The smallest absolute Gasteiger partial charge is 0.410 e. The van der Waals surface area contributed by atoms with Crippen LogP contribution >= 0.6 is 11.8 Å². The monoisotopic (exact) mass is 478 g/mol. The zero-order valence-corrected chi connectivity index (χ0v) is 18.5. The minimum atomic E-state index is -4.51. The number of piperazine rings is 1. The molecule has 2 aromatic heterocycles. The summed E-state index contributed by atoms with van der Waals surface area (Å²) in [6.45, 7) is 2.86. The standard InChI is InChI=1S/C21H21F3N6O2S/c1-29-8-10-30(11-9-29)17-6-5-14(21(22,23)24)12-16(17)26-18(31)13-33-20-28-27-19(32-20)15-4-2-3-7-25-15/h2-7,12H,8-11,13H2,1H3,(H,26,31). The molecule has 4 rings (SSSR count). The van der Waals surface area contributed by atoms with E-state index in [0.29, 0.717) is 24.5 Å². The first-order valence-electron chi connectivity index (χ1n) is 10.1. The molecule has 0 bridgehead atoms. The molecule has 0 aliphatic carbocycles. The summed E-state index contributed by atoms with van der Waals surface area (Å²) in [5, 5.41) is 10.6. The van der Waals surface area contributed by atoms with Gasteiger partial charge in [-0.15, -0.1) is 10.2 Å². The van der Waals surface area contributed by atoms with Crippen LogP contribution in [-0.4, -0.2) is 65.0 Å². The number of carbonyl (C=O) groups excluding carboxylic acids is 1. The fourth-order valence-electron chi connectivity index (χ4n) is 3.31. The predicted molar refractivity (Wildman–Crippen MR) is 118 cm³/mol. The van der Waals surface area contributed by atoms with Crippen molar-refractivity contribution in [2.45, 2.75) is 11.4 Å². The van der Waals surface area contributed by atoms with Crippen LogP contribution in [0, 0.1) is 0 Å². The summed E-state index contributed by atoms with van der Waals surface area (Å²) < 4.78 is 45.3. The van der Waals surface area contributed by atoms with Crippen molar-refractivity contribution in [3.63, 3.8) is 0 Å². The normalized spacial score (nSPS) is 15.0. The number of benzene rings is 1. The van der Waals surface area contributed by atoms with Gasteiger partial charge in [0.2, 0.25) is 5.91 Å². The van der Waals surface area contributed by atoms with Crippen LogP contribution < -0.4 is 10.2 Å². The van der Waals surface area contributed by atoms with Crippen LogP contribution in [0.25, 0.3) is 11.6 Å². The molecule has 1 amide bonds. The summed E-state index contributed by atoms with van der Waals surface area (Å²) in [4.78, 5) is 20.8. The van der Waals surface area contributed by atoms with Gasteiger partial charge < -0.3 is 19.5 Å². The number of aromatic nitrogens is 3. The van der Waals surface area contributed by atoms with Crippen LogP contribution in [0.2, 0.25) is 0 Å². The van der Waals surface area contributed by atoms with E-state index < -0.39 is 17.6 Å². The molecule has 0 unspecified atom stereocenters. The Bertz CT molecular complexity index is 1100. The lowest BCUT2D eigenvalue weighted by Crippen LogP contribution is -2.44. The van der Waals surface area contributed by atoms with E-state index >= 15 is 0 Å². The molecule has 1 N–H and O–H groups in total. The molecule has 174 valence electrons. The summed E-state index contributed by atoms with van der Waals surface area (Å²) in [6, 6.07) is 8.66. The van der Waals surface area contributed by atoms with E-state index in [-0.39, 0.29) is 22.6 Å². The van der Waals surface area contributed by atoms with Crippen molar-refractivity contribution < 1.29 is 22.4 Å². The second kappa shape index (κ2) is 9.79. The highest BCUT2D eigenvalue weighted by Crippen LogP contribution is 2.36. The number of anilines is 2. The lowest BCUT2D eigenvalue weighted by molar-refractivity contribution is -0.137. The molecule has 33 heavy (non-hydrogen) atoms. The SMILES string of the molecule is CN1CCN(c2ccc(C(F)(F)F)cc2NC(=O)CSc2nnc(-c3ccccn3)o2)CC1. The third kappa shape index (κ3) is 5.82. The van der Waals surface area contributed by atoms with Gasteiger partial charge in [-0.2, -0.15) is 13.2 Å². The van der Waals surface area contributed by atoms with Gasteiger partial charge in [0.25, 0.3) is 11.1 Å². The molecule has 3 heterocycles. The van der Waals surface area contributed by atoms with Crippen molar-refractivity contribution >= 4 is 29.0 Å². The fourth-order valence-corrected chi connectivity index (χ4v) is 3.87. The van der Waals surface area contributed by atoms with Gasteiger partial charge in [-0.05, 0) is 37.4 Å². The van der Waals surface area contributed by atoms with Crippen LogP contribution in [-0.2, 0) is 11.0 Å². The van der Waals surface area contributed by atoms with Crippen LogP contribution in [0.5, 0.6) is 0 Å². The molecular weight excluding hydrogens is 457 g/mol. The predicted octanol–water partition coefficient (Wildman–Crippen LogP) is 3.63. The molecule has 0 spiro atoms. The number of nitrogens with zero attached hydrogens (tertiary/aromatic N) is 5. The number of carbonyl (C=O) groups is 1. The molecule has 0 atom stereocenters. The van der Waals surface area contributed by atoms with Crippen molar-refractivity contribution in [3.8, 4) is 11.6 Å². The van der Waals surface area contributed by atoms with E-state index in [2.05, 4.69) is 25.4 Å². The zero-order chi connectivity index (χ0) is 23.4. The Morgan fingerprint density at radius 2 is 1.94 bits per heavy atom. The first-order chi connectivity index (χ1) is 15.8. The average molecular weight is 479 g/mol. The van der Waals surface area contributed by atoms with Crippen LogP contribution in [0.3, 0.4) is 0 Å². The Morgan fingerprint density at radius 3 is 2.64 bits per heavy atom. The van der Waals surface area contributed by atoms with Gasteiger partial charge >= 0.3 is 6.18 Å². The van der Waals surface area contributed by atoms with E-state index in [1.54, 1.807) is 24.4 Å². The number of amides is 1. The number of pyridine rings is 1. The zero-order valence-electron chi connectivity index (χ0n) is 17.7. The number of hydrogen-bond donors (Lipinski definition) is 1. The number of thioether (sulfide) groups is 1. The molecule has 12 heteroatoms. The number of alkyl halides is 3. The number of hydrogen-bond acceptors (Lipinski definition) is 8. The van der Waals surface area contributed by atoms with Gasteiger partial charge in [0.1, 0.15) is 5.69 Å². The number of nitrogens with one attached hydrogen (secondary N) is 1. The highest BCUT2D eigenvalue weighted by molar-refractivity contribution is 7.99. The molecule has 0 radical (unpaired) electrons. The molecule has 1 aromatic carbocycles. The molecule has 8 nitrogen and oxygen atoms in total. The average Bonchev–Trinajstić information content (AvgIpc) is 3.28. The van der Waals surface area contributed by atoms with Crippen LogP contribution in [0.15, 0.2) is 52.2 Å². The quantitative estimate of drug-likeness (QED) is 0.538. The maximum Gasteiger partial charge on any atom is 0.416 e. The third-order valence-electron chi connectivity index (χ3n) is 5.06. The van der Waals surface area contributed by atoms with Gasteiger partial charge in [-0.25, -0.2) is 0 Å².